The molecule has 0 aliphatic rings. The fourth-order valence-electron chi connectivity index (χ4n) is 0.736. The van der Waals surface area contributed by atoms with E-state index in [4.69, 9.17) is 17.3 Å². The van der Waals surface area contributed by atoms with Crippen molar-refractivity contribution < 1.29 is 4.79 Å². The summed E-state index contributed by atoms with van der Waals surface area (Å²) in [5.74, 6) is 5.34. The van der Waals surface area contributed by atoms with E-state index >= 15 is 0 Å². The number of rotatable bonds is 1. The molecule has 1 rings (SSSR count). The minimum atomic E-state index is 0.196. The third-order valence-corrected chi connectivity index (χ3v) is 1.52. The first-order valence-electron chi connectivity index (χ1n) is 3.57. The summed E-state index contributed by atoms with van der Waals surface area (Å²) in [4.78, 5) is 13.8. The zero-order chi connectivity index (χ0) is 9.68. The lowest BCUT2D eigenvalue weighted by Gasteiger charge is -1.96. The maximum atomic E-state index is 9.96. The van der Waals surface area contributed by atoms with Crippen LogP contribution in [0.5, 0.6) is 0 Å². The molecule has 0 aromatic carbocycles. The molecule has 1 aromatic heterocycles. The van der Waals surface area contributed by atoms with Crippen LogP contribution in [0.4, 0.5) is 5.69 Å². The molecule has 0 amide bonds. The van der Waals surface area contributed by atoms with Gasteiger partial charge in [0.2, 0.25) is 0 Å². The Balaban J connectivity index is 2.91. The number of nitrogen functional groups attached to an aromatic ring is 1. The van der Waals surface area contributed by atoms with Crippen LogP contribution in [0.3, 0.4) is 0 Å². The molecule has 1 aromatic rings. The normalized spacial score (nSPS) is 8.69. The van der Waals surface area contributed by atoms with Crippen LogP contribution in [-0.2, 0) is 4.79 Å². The van der Waals surface area contributed by atoms with Gasteiger partial charge in [0, 0.05) is 6.20 Å². The number of carbonyl (C=O) groups is 1. The van der Waals surface area contributed by atoms with E-state index in [1.807, 2.05) is 0 Å². The van der Waals surface area contributed by atoms with Gasteiger partial charge in [-0.1, -0.05) is 23.4 Å². The van der Waals surface area contributed by atoms with Gasteiger partial charge in [0.05, 0.1) is 17.7 Å². The predicted octanol–water partition coefficient (Wildman–Crippen LogP) is 1.26. The highest BCUT2D eigenvalue weighted by Gasteiger charge is 1.96. The Bertz CT molecular complexity index is 379. The summed E-state index contributed by atoms with van der Waals surface area (Å²) in [6.45, 7) is 0. The zero-order valence-electron chi connectivity index (χ0n) is 6.75. The molecule has 3 nitrogen and oxygen atoms in total. The first-order chi connectivity index (χ1) is 6.24. The number of pyridine rings is 1. The third kappa shape index (κ3) is 2.77. The van der Waals surface area contributed by atoms with E-state index < -0.39 is 0 Å². The van der Waals surface area contributed by atoms with Gasteiger partial charge >= 0.3 is 0 Å². The molecular formula is C9H7ClN2O. The molecule has 0 aliphatic heterocycles. The Kier molecular flexibility index (Phi) is 3.30. The molecule has 0 aliphatic carbocycles. The van der Waals surface area contributed by atoms with Gasteiger partial charge in [-0.3, -0.25) is 0 Å². The second kappa shape index (κ2) is 4.48. The number of hydrogen-bond acceptors (Lipinski definition) is 3. The summed E-state index contributed by atoms with van der Waals surface area (Å²) in [6.07, 6.45) is 2.41. The fraction of sp³-hybridized carbons (Fsp3) is 0.111. The molecule has 0 radical (unpaired) electrons. The van der Waals surface area contributed by atoms with E-state index in [-0.39, 0.29) is 6.42 Å². The van der Waals surface area contributed by atoms with E-state index in [1.54, 1.807) is 0 Å². The van der Waals surface area contributed by atoms with Crippen molar-refractivity contribution in [3.8, 4) is 11.8 Å². The standard InChI is InChI=1S/C9H7ClN2O/c10-9-5-8(11)7(6-12-9)3-1-2-4-13/h4-6H,2H2,(H2,11,12). The lowest BCUT2D eigenvalue weighted by molar-refractivity contribution is -0.107. The van der Waals surface area contributed by atoms with Crippen molar-refractivity contribution in [2.45, 2.75) is 6.42 Å². The minimum absolute atomic E-state index is 0.196. The van der Waals surface area contributed by atoms with Gasteiger partial charge in [0.15, 0.2) is 0 Å². The van der Waals surface area contributed by atoms with Crippen LogP contribution in [0.2, 0.25) is 5.15 Å². The minimum Gasteiger partial charge on any atom is -0.398 e. The van der Waals surface area contributed by atoms with Crippen LogP contribution < -0.4 is 5.73 Å². The van der Waals surface area contributed by atoms with E-state index in [1.165, 1.54) is 12.3 Å². The van der Waals surface area contributed by atoms with Crippen molar-refractivity contribution in [1.82, 2.24) is 4.98 Å². The highest BCUT2D eigenvalue weighted by molar-refractivity contribution is 6.29. The molecule has 0 saturated heterocycles. The summed E-state index contributed by atoms with van der Waals surface area (Å²) >= 11 is 5.58. The Morgan fingerprint density at radius 2 is 2.46 bits per heavy atom. The number of halogens is 1. The molecule has 4 heteroatoms. The van der Waals surface area contributed by atoms with Crippen LogP contribution in [0.25, 0.3) is 0 Å². The molecule has 0 saturated carbocycles. The lowest BCUT2D eigenvalue weighted by Crippen LogP contribution is -1.91. The number of hydrogen-bond donors (Lipinski definition) is 1. The smallest absolute Gasteiger partial charge is 0.131 e. The first kappa shape index (κ1) is 9.56. The Morgan fingerprint density at radius 3 is 3.08 bits per heavy atom. The van der Waals surface area contributed by atoms with Crippen LogP contribution in [0.15, 0.2) is 12.3 Å². The van der Waals surface area contributed by atoms with Gasteiger partial charge in [-0.05, 0) is 6.07 Å². The highest BCUT2D eigenvalue weighted by Crippen LogP contribution is 2.13. The number of carbonyl (C=O) groups excluding carboxylic acids is 1. The molecule has 66 valence electrons. The Hall–Kier alpha value is -1.53. The van der Waals surface area contributed by atoms with Gasteiger partial charge < -0.3 is 10.5 Å². The Morgan fingerprint density at radius 1 is 1.69 bits per heavy atom. The summed E-state index contributed by atoms with van der Waals surface area (Å²) < 4.78 is 0. The monoisotopic (exact) mass is 194 g/mol. The summed E-state index contributed by atoms with van der Waals surface area (Å²) in [7, 11) is 0. The number of nitrogens with two attached hydrogens (primary N) is 1. The topological polar surface area (TPSA) is 56.0 Å². The third-order valence-electron chi connectivity index (χ3n) is 1.31. The molecule has 1 heterocycles. The number of anilines is 1. The second-order valence-electron chi connectivity index (χ2n) is 2.27. The van der Waals surface area contributed by atoms with Crippen molar-refractivity contribution in [1.29, 1.82) is 0 Å². The molecule has 0 unspecified atom stereocenters. The quantitative estimate of drug-likeness (QED) is 0.416. The van der Waals surface area contributed by atoms with E-state index in [0.29, 0.717) is 16.4 Å². The number of aromatic nitrogens is 1. The average molecular weight is 195 g/mol. The largest absolute Gasteiger partial charge is 0.398 e. The van der Waals surface area contributed by atoms with Crippen molar-refractivity contribution in [2.24, 2.45) is 0 Å². The van der Waals surface area contributed by atoms with Gasteiger partial charge in [-0.2, -0.15) is 0 Å². The lowest BCUT2D eigenvalue weighted by atomic mass is 10.2. The van der Waals surface area contributed by atoms with Crippen molar-refractivity contribution in [3.63, 3.8) is 0 Å². The second-order valence-corrected chi connectivity index (χ2v) is 2.65. The zero-order valence-corrected chi connectivity index (χ0v) is 7.51. The SMILES string of the molecule is Nc1cc(Cl)ncc1C#CCC=O. The predicted molar refractivity (Wildman–Crippen MR) is 51.2 cm³/mol. The maximum Gasteiger partial charge on any atom is 0.131 e. The average Bonchev–Trinajstić information content (AvgIpc) is 2.09. The molecule has 13 heavy (non-hydrogen) atoms. The summed E-state index contributed by atoms with van der Waals surface area (Å²) in [5.41, 5.74) is 6.65. The maximum absolute atomic E-state index is 9.96. The van der Waals surface area contributed by atoms with Gasteiger partial charge in [-0.15, -0.1) is 0 Å². The molecule has 2 N–H and O–H groups in total. The van der Waals surface area contributed by atoms with Crippen molar-refractivity contribution in [2.75, 3.05) is 5.73 Å². The number of nitrogens with zero attached hydrogens (tertiary/aromatic N) is 1. The van der Waals surface area contributed by atoms with Crippen molar-refractivity contribution >= 4 is 23.6 Å². The summed E-state index contributed by atoms with van der Waals surface area (Å²) in [6, 6.07) is 1.52. The first-order valence-corrected chi connectivity index (χ1v) is 3.95. The molecule has 0 spiro atoms. The van der Waals surface area contributed by atoms with Crippen LogP contribution in [-0.4, -0.2) is 11.3 Å². The van der Waals surface area contributed by atoms with Crippen LogP contribution >= 0.6 is 11.6 Å². The van der Waals surface area contributed by atoms with Crippen LogP contribution in [0.1, 0.15) is 12.0 Å². The van der Waals surface area contributed by atoms with E-state index in [9.17, 15) is 4.79 Å². The molecule has 0 fully saturated rings. The van der Waals surface area contributed by atoms with E-state index in [0.717, 1.165) is 6.29 Å². The van der Waals surface area contributed by atoms with Gasteiger partial charge in [-0.25, -0.2) is 4.98 Å². The highest BCUT2D eigenvalue weighted by atomic mass is 35.5. The fourth-order valence-corrected chi connectivity index (χ4v) is 0.903. The molecular weight excluding hydrogens is 188 g/mol. The van der Waals surface area contributed by atoms with Gasteiger partial charge in [0.25, 0.3) is 0 Å². The van der Waals surface area contributed by atoms with Gasteiger partial charge in [0.1, 0.15) is 11.4 Å². The summed E-state index contributed by atoms with van der Waals surface area (Å²) in [5, 5.41) is 0.332. The van der Waals surface area contributed by atoms with Crippen molar-refractivity contribution in [3.05, 3.63) is 23.0 Å². The number of aldehydes is 1. The van der Waals surface area contributed by atoms with Crippen LogP contribution in [0, 0.1) is 11.8 Å². The Labute approximate surface area is 80.9 Å². The molecule has 0 atom stereocenters. The molecule has 0 bridgehead atoms. The van der Waals surface area contributed by atoms with E-state index in [2.05, 4.69) is 16.8 Å².